The number of hydrogen-bond donors (Lipinski definition) is 2. The lowest BCUT2D eigenvalue weighted by atomic mass is 10.3. The van der Waals surface area contributed by atoms with Crippen LogP contribution in [-0.4, -0.2) is 31.0 Å². The largest absolute Gasteiger partial charge is 0.409 e. The first kappa shape index (κ1) is 12.4. The molecule has 0 fully saturated rings. The fourth-order valence-electron chi connectivity index (χ4n) is 1.42. The Bertz CT molecular complexity index is 594. The highest BCUT2D eigenvalue weighted by atomic mass is 32.2. The van der Waals surface area contributed by atoms with Crippen molar-refractivity contribution in [3.05, 3.63) is 29.6 Å². The maximum Gasteiger partial charge on any atom is 0.172 e. The van der Waals surface area contributed by atoms with Gasteiger partial charge >= 0.3 is 0 Å². The molecule has 0 bridgehead atoms. The van der Waals surface area contributed by atoms with Crippen LogP contribution >= 0.6 is 11.8 Å². The van der Waals surface area contributed by atoms with E-state index in [9.17, 15) is 0 Å². The number of oxime groups is 1. The third-order valence-corrected chi connectivity index (χ3v) is 3.32. The molecule has 18 heavy (non-hydrogen) atoms. The standard InChI is InChI=1S/C10H12N6OS/c1-6-5-8(16(2)14-6)18-10-7(9(11)15-17)3-4-12-13-10/h3-5,17H,1-2H3,(H2,11,15). The van der Waals surface area contributed by atoms with Crippen molar-refractivity contribution in [3.8, 4) is 0 Å². The van der Waals surface area contributed by atoms with E-state index in [1.54, 1.807) is 10.7 Å². The minimum absolute atomic E-state index is 0.00582. The quantitative estimate of drug-likeness (QED) is 0.367. The van der Waals surface area contributed by atoms with Crippen molar-refractivity contribution >= 4 is 17.6 Å². The van der Waals surface area contributed by atoms with Crippen LogP contribution in [0.25, 0.3) is 0 Å². The van der Waals surface area contributed by atoms with Gasteiger partial charge in [-0.25, -0.2) is 0 Å². The normalized spacial score (nSPS) is 11.8. The number of aromatic nitrogens is 4. The molecule has 7 nitrogen and oxygen atoms in total. The summed E-state index contributed by atoms with van der Waals surface area (Å²) in [6, 6.07) is 3.57. The molecule has 94 valence electrons. The molecule has 8 heteroatoms. The van der Waals surface area contributed by atoms with Crippen LogP contribution in [0.4, 0.5) is 0 Å². The molecule has 0 atom stereocenters. The summed E-state index contributed by atoms with van der Waals surface area (Å²) in [4.78, 5) is 0. The maximum absolute atomic E-state index is 8.73. The Balaban J connectivity index is 2.38. The van der Waals surface area contributed by atoms with E-state index in [0.717, 1.165) is 10.7 Å². The molecule has 0 saturated carbocycles. The van der Waals surface area contributed by atoms with Gasteiger partial charge in [0, 0.05) is 7.05 Å². The van der Waals surface area contributed by atoms with E-state index in [2.05, 4.69) is 20.5 Å². The van der Waals surface area contributed by atoms with E-state index in [1.807, 2.05) is 20.0 Å². The van der Waals surface area contributed by atoms with Gasteiger partial charge in [-0.2, -0.15) is 10.2 Å². The van der Waals surface area contributed by atoms with E-state index in [1.165, 1.54) is 18.0 Å². The molecule has 0 aliphatic heterocycles. The molecule has 2 heterocycles. The van der Waals surface area contributed by atoms with Crippen molar-refractivity contribution in [2.24, 2.45) is 17.9 Å². The molecule has 0 aliphatic rings. The summed E-state index contributed by atoms with van der Waals surface area (Å²) in [5.41, 5.74) is 7.04. The minimum Gasteiger partial charge on any atom is -0.409 e. The van der Waals surface area contributed by atoms with Crippen LogP contribution in [0.5, 0.6) is 0 Å². The highest BCUT2D eigenvalue weighted by Gasteiger charge is 2.12. The topological polar surface area (TPSA) is 102 Å². The molecule has 0 spiro atoms. The van der Waals surface area contributed by atoms with Crippen LogP contribution in [0.3, 0.4) is 0 Å². The summed E-state index contributed by atoms with van der Waals surface area (Å²) in [7, 11) is 1.84. The first-order valence-electron chi connectivity index (χ1n) is 5.10. The Morgan fingerprint density at radius 3 is 2.94 bits per heavy atom. The van der Waals surface area contributed by atoms with Gasteiger partial charge in [-0.3, -0.25) is 4.68 Å². The molecule has 0 radical (unpaired) electrons. The zero-order chi connectivity index (χ0) is 13.1. The number of aryl methyl sites for hydroxylation is 2. The van der Waals surface area contributed by atoms with Crippen LogP contribution in [0.15, 0.2) is 33.5 Å². The summed E-state index contributed by atoms with van der Waals surface area (Å²) in [5.74, 6) is 0.00582. The SMILES string of the molecule is Cc1cc(Sc2nnccc2/C(N)=N/O)n(C)n1. The van der Waals surface area contributed by atoms with Crippen LogP contribution in [-0.2, 0) is 7.05 Å². The zero-order valence-corrected chi connectivity index (χ0v) is 10.7. The number of amidine groups is 1. The molecule has 2 rings (SSSR count). The smallest absolute Gasteiger partial charge is 0.172 e. The molecule has 2 aromatic rings. The van der Waals surface area contributed by atoms with Gasteiger partial charge < -0.3 is 10.9 Å². The molecule has 2 aromatic heterocycles. The van der Waals surface area contributed by atoms with Crippen molar-refractivity contribution in [1.29, 1.82) is 0 Å². The molecule has 3 N–H and O–H groups in total. The Morgan fingerprint density at radius 2 is 2.33 bits per heavy atom. The lowest BCUT2D eigenvalue weighted by Crippen LogP contribution is -2.15. The Labute approximate surface area is 108 Å². The van der Waals surface area contributed by atoms with E-state index in [4.69, 9.17) is 10.9 Å². The van der Waals surface area contributed by atoms with Gasteiger partial charge in [-0.05, 0) is 30.8 Å². The fourth-order valence-corrected chi connectivity index (χ4v) is 2.40. The second-order valence-corrected chi connectivity index (χ2v) is 4.59. The molecule has 0 aliphatic carbocycles. The van der Waals surface area contributed by atoms with Crippen LogP contribution in [0.1, 0.15) is 11.3 Å². The lowest BCUT2D eigenvalue weighted by Gasteiger charge is -2.05. The van der Waals surface area contributed by atoms with Gasteiger partial charge in [0.25, 0.3) is 0 Å². The summed E-state index contributed by atoms with van der Waals surface area (Å²) in [6.45, 7) is 1.91. The lowest BCUT2D eigenvalue weighted by molar-refractivity contribution is 0.318. The fraction of sp³-hybridized carbons (Fsp3) is 0.200. The van der Waals surface area contributed by atoms with Gasteiger partial charge in [-0.15, -0.1) is 5.10 Å². The molecule has 0 saturated heterocycles. The highest BCUT2D eigenvalue weighted by Crippen LogP contribution is 2.28. The van der Waals surface area contributed by atoms with Gasteiger partial charge in [0.05, 0.1) is 17.5 Å². The van der Waals surface area contributed by atoms with Crippen molar-refractivity contribution < 1.29 is 5.21 Å². The minimum atomic E-state index is 0.00582. The number of nitrogens with zero attached hydrogens (tertiary/aromatic N) is 5. The number of rotatable bonds is 3. The van der Waals surface area contributed by atoms with Crippen molar-refractivity contribution in [2.45, 2.75) is 17.0 Å². The number of nitrogens with two attached hydrogens (primary N) is 1. The van der Waals surface area contributed by atoms with Gasteiger partial charge in [-0.1, -0.05) is 5.16 Å². The van der Waals surface area contributed by atoms with Crippen molar-refractivity contribution in [2.75, 3.05) is 0 Å². The van der Waals surface area contributed by atoms with Crippen molar-refractivity contribution in [3.63, 3.8) is 0 Å². The molecule has 0 aromatic carbocycles. The molecular formula is C10H12N6OS. The Morgan fingerprint density at radius 1 is 1.56 bits per heavy atom. The average molecular weight is 264 g/mol. The summed E-state index contributed by atoms with van der Waals surface area (Å²) in [6.07, 6.45) is 1.49. The predicted octanol–water partition coefficient (Wildman–Crippen LogP) is 0.764. The van der Waals surface area contributed by atoms with E-state index in [-0.39, 0.29) is 5.84 Å². The summed E-state index contributed by atoms with van der Waals surface area (Å²) >= 11 is 1.36. The van der Waals surface area contributed by atoms with Crippen molar-refractivity contribution in [1.82, 2.24) is 20.0 Å². The van der Waals surface area contributed by atoms with E-state index < -0.39 is 0 Å². The second-order valence-electron chi connectivity index (χ2n) is 3.58. The monoisotopic (exact) mass is 264 g/mol. The summed E-state index contributed by atoms with van der Waals surface area (Å²) < 4.78 is 1.74. The van der Waals surface area contributed by atoms with Gasteiger partial charge in [0.15, 0.2) is 5.84 Å². The molecular weight excluding hydrogens is 252 g/mol. The Kier molecular flexibility index (Phi) is 3.47. The highest BCUT2D eigenvalue weighted by molar-refractivity contribution is 7.99. The molecule has 0 amide bonds. The third-order valence-electron chi connectivity index (χ3n) is 2.23. The number of hydrogen-bond acceptors (Lipinski definition) is 6. The molecule has 0 unspecified atom stereocenters. The van der Waals surface area contributed by atoms with E-state index in [0.29, 0.717) is 10.6 Å². The first-order valence-corrected chi connectivity index (χ1v) is 5.91. The average Bonchev–Trinajstić information content (AvgIpc) is 2.67. The van der Waals surface area contributed by atoms with Gasteiger partial charge in [0.1, 0.15) is 10.1 Å². The van der Waals surface area contributed by atoms with Gasteiger partial charge in [0.2, 0.25) is 0 Å². The zero-order valence-electron chi connectivity index (χ0n) is 9.90. The predicted molar refractivity (Wildman–Crippen MR) is 66.6 cm³/mol. The van der Waals surface area contributed by atoms with Crippen LogP contribution in [0, 0.1) is 6.92 Å². The summed E-state index contributed by atoms with van der Waals surface area (Å²) in [5, 5.41) is 25.2. The van der Waals surface area contributed by atoms with Crippen LogP contribution < -0.4 is 5.73 Å². The van der Waals surface area contributed by atoms with Crippen LogP contribution in [0.2, 0.25) is 0 Å². The third kappa shape index (κ3) is 2.43. The maximum atomic E-state index is 8.73. The Hall–Kier alpha value is -2.09. The second kappa shape index (κ2) is 5.05. The van der Waals surface area contributed by atoms with E-state index >= 15 is 0 Å². The first-order chi connectivity index (χ1) is 8.61.